The molecule has 0 atom stereocenters. The molecule has 0 radical (unpaired) electrons. The Morgan fingerprint density at radius 3 is 2.76 bits per heavy atom. The molecule has 0 aliphatic carbocycles. The highest BCUT2D eigenvalue weighted by atomic mass is 127. The number of hydrogen-bond donors (Lipinski definition) is 1. The zero-order valence-corrected chi connectivity index (χ0v) is 15.1. The van der Waals surface area contributed by atoms with Gasteiger partial charge < -0.3 is 10.3 Å². The highest BCUT2D eigenvalue weighted by Gasteiger charge is 2.19. The molecule has 0 fully saturated rings. The fraction of sp³-hybridized carbons (Fsp3) is 0. The first-order valence-corrected chi connectivity index (χ1v) is 8.28. The lowest BCUT2D eigenvalue weighted by molar-refractivity contribution is 0.439. The molecule has 3 rings (SSSR count). The fourth-order valence-electron chi connectivity index (χ4n) is 2.09. The summed E-state index contributed by atoms with van der Waals surface area (Å²) in [5.74, 6) is 0.276. The maximum Gasteiger partial charge on any atom is 0.230 e. The Bertz CT molecular complexity index is 819. The van der Waals surface area contributed by atoms with Gasteiger partial charge in [-0.2, -0.15) is 0 Å². The summed E-state index contributed by atoms with van der Waals surface area (Å²) in [6, 6.07) is 13.5. The van der Waals surface area contributed by atoms with Crippen molar-refractivity contribution in [1.29, 1.82) is 0 Å². The molecule has 1 heterocycles. The van der Waals surface area contributed by atoms with Crippen molar-refractivity contribution in [1.82, 2.24) is 5.16 Å². The van der Waals surface area contributed by atoms with E-state index in [0.717, 1.165) is 24.7 Å². The molecule has 3 aromatic rings. The maximum absolute atomic E-state index is 6.07. The predicted molar refractivity (Wildman–Crippen MR) is 97.2 cm³/mol. The lowest BCUT2D eigenvalue weighted by Gasteiger charge is -2.06. The summed E-state index contributed by atoms with van der Waals surface area (Å²) in [6.45, 7) is 0. The van der Waals surface area contributed by atoms with Crippen LogP contribution in [0.25, 0.3) is 22.4 Å². The van der Waals surface area contributed by atoms with Crippen LogP contribution in [0.15, 0.2) is 51.5 Å². The van der Waals surface area contributed by atoms with Crippen LogP contribution >= 0.6 is 50.1 Å². The molecule has 1 aromatic heterocycles. The van der Waals surface area contributed by atoms with Crippen molar-refractivity contribution in [2.45, 2.75) is 0 Å². The average Bonchev–Trinajstić information content (AvgIpc) is 2.83. The molecule has 0 spiro atoms. The molecule has 0 aliphatic heterocycles. The fourth-order valence-corrected chi connectivity index (χ4v) is 3.20. The zero-order valence-electron chi connectivity index (χ0n) is 10.6. The topological polar surface area (TPSA) is 52.0 Å². The van der Waals surface area contributed by atoms with Gasteiger partial charge in [0.2, 0.25) is 5.88 Å². The van der Waals surface area contributed by atoms with Gasteiger partial charge in [0.1, 0.15) is 5.69 Å². The molecule has 21 heavy (non-hydrogen) atoms. The Kier molecular flexibility index (Phi) is 4.24. The first-order valence-electron chi connectivity index (χ1n) is 6.03. The smallest absolute Gasteiger partial charge is 0.230 e. The van der Waals surface area contributed by atoms with E-state index in [1.165, 1.54) is 0 Å². The van der Waals surface area contributed by atoms with Crippen molar-refractivity contribution in [3.63, 3.8) is 0 Å². The molecule has 3 nitrogen and oxygen atoms in total. The Balaban J connectivity index is 2.24. The monoisotopic (exact) mass is 474 g/mol. The normalized spacial score (nSPS) is 10.8. The number of anilines is 1. The third-order valence-electron chi connectivity index (χ3n) is 3.02. The van der Waals surface area contributed by atoms with Gasteiger partial charge in [0.15, 0.2) is 0 Å². The van der Waals surface area contributed by atoms with E-state index in [0.29, 0.717) is 10.7 Å². The molecule has 0 saturated carbocycles. The number of rotatable bonds is 2. The number of halogens is 3. The number of nitrogens with two attached hydrogens (primary N) is 1. The van der Waals surface area contributed by atoms with Crippen molar-refractivity contribution in [2.24, 2.45) is 0 Å². The molecule has 0 unspecified atom stereocenters. The van der Waals surface area contributed by atoms with Gasteiger partial charge in [0.25, 0.3) is 0 Å². The average molecular weight is 476 g/mol. The van der Waals surface area contributed by atoms with Gasteiger partial charge in [-0.3, -0.25) is 0 Å². The zero-order chi connectivity index (χ0) is 15.0. The maximum atomic E-state index is 6.07. The van der Waals surface area contributed by atoms with Crippen LogP contribution in [0, 0.1) is 3.57 Å². The van der Waals surface area contributed by atoms with E-state index in [1.54, 1.807) is 0 Å². The van der Waals surface area contributed by atoms with E-state index < -0.39 is 0 Å². The Morgan fingerprint density at radius 2 is 2.00 bits per heavy atom. The summed E-state index contributed by atoms with van der Waals surface area (Å²) in [5, 5.41) is 4.76. The SMILES string of the molecule is Nc1onc(-c2cc(I)ccc2Br)c1-c1cccc(Cl)c1. The minimum absolute atomic E-state index is 0.276. The summed E-state index contributed by atoms with van der Waals surface area (Å²) in [4.78, 5) is 0. The first kappa shape index (κ1) is 14.9. The van der Waals surface area contributed by atoms with Crippen molar-refractivity contribution in [2.75, 3.05) is 5.73 Å². The number of benzene rings is 2. The van der Waals surface area contributed by atoms with E-state index in [2.05, 4.69) is 43.7 Å². The standard InChI is InChI=1S/C15H9BrClIN2O/c16-12-5-4-10(18)7-11(12)14-13(15(19)21-20-14)8-2-1-3-9(17)6-8/h1-7H,19H2. The van der Waals surface area contributed by atoms with Crippen molar-refractivity contribution in [3.8, 4) is 22.4 Å². The molecule has 0 bridgehead atoms. The third-order valence-corrected chi connectivity index (χ3v) is 4.61. The van der Waals surface area contributed by atoms with Crippen LogP contribution in [-0.2, 0) is 0 Å². The van der Waals surface area contributed by atoms with Gasteiger partial charge in [0.05, 0.1) is 5.56 Å². The molecule has 0 saturated heterocycles. The lowest BCUT2D eigenvalue weighted by Crippen LogP contribution is -1.89. The van der Waals surface area contributed by atoms with Crippen LogP contribution < -0.4 is 5.73 Å². The summed E-state index contributed by atoms with van der Waals surface area (Å²) < 4.78 is 7.23. The van der Waals surface area contributed by atoms with Crippen LogP contribution in [0.2, 0.25) is 5.02 Å². The first-order chi connectivity index (χ1) is 10.1. The van der Waals surface area contributed by atoms with Crippen LogP contribution in [0.5, 0.6) is 0 Å². The molecule has 2 aromatic carbocycles. The number of hydrogen-bond acceptors (Lipinski definition) is 3. The summed E-state index contributed by atoms with van der Waals surface area (Å²) in [5.41, 5.74) is 9.21. The van der Waals surface area contributed by atoms with Gasteiger partial charge in [-0.15, -0.1) is 0 Å². The van der Waals surface area contributed by atoms with E-state index in [4.69, 9.17) is 21.9 Å². The molecular weight excluding hydrogens is 466 g/mol. The number of nitrogen functional groups attached to an aromatic ring is 1. The minimum atomic E-state index is 0.276. The Labute approximate surface area is 148 Å². The second-order valence-electron chi connectivity index (χ2n) is 4.40. The van der Waals surface area contributed by atoms with Crippen LogP contribution in [0.3, 0.4) is 0 Å². The summed E-state index contributed by atoms with van der Waals surface area (Å²) in [6.07, 6.45) is 0. The van der Waals surface area contributed by atoms with Gasteiger partial charge in [-0.25, -0.2) is 0 Å². The second kappa shape index (κ2) is 5.98. The Morgan fingerprint density at radius 1 is 1.19 bits per heavy atom. The van der Waals surface area contributed by atoms with Gasteiger partial charge in [-0.1, -0.05) is 44.8 Å². The van der Waals surface area contributed by atoms with Gasteiger partial charge in [0, 0.05) is 18.6 Å². The van der Waals surface area contributed by atoms with E-state index in [-0.39, 0.29) is 5.88 Å². The third kappa shape index (κ3) is 2.95. The summed E-state index contributed by atoms with van der Waals surface area (Å²) in [7, 11) is 0. The van der Waals surface area contributed by atoms with Crippen molar-refractivity contribution >= 4 is 56.0 Å². The molecule has 106 valence electrons. The number of nitrogens with zero attached hydrogens (tertiary/aromatic N) is 1. The van der Waals surface area contributed by atoms with E-state index in [9.17, 15) is 0 Å². The van der Waals surface area contributed by atoms with Crippen LogP contribution in [0.1, 0.15) is 0 Å². The van der Waals surface area contributed by atoms with E-state index in [1.807, 2.05) is 42.5 Å². The molecule has 0 amide bonds. The Hall–Kier alpha value is -1.05. The quantitative estimate of drug-likeness (QED) is 0.490. The molecular formula is C15H9BrClIN2O. The lowest BCUT2D eigenvalue weighted by atomic mass is 10.0. The second-order valence-corrected chi connectivity index (χ2v) is 6.94. The molecule has 0 aliphatic rings. The number of aromatic nitrogens is 1. The van der Waals surface area contributed by atoms with Crippen molar-refractivity contribution < 1.29 is 4.52 Å². The van der Waals surface area contributed by atoms with Crippen LogP contribution in [0.4, 0.5) is 5.88 Å². The molecule has 2 N–H and O–H groups in total. The van der Waals surface area contributed by atoms with E-state index >= 15 is 0 Å². The van der Waals surface area contributed by atoms with Crippen LogP contribution in [-0.4, -0.2) is 5.16 Å². The predicted octanol–water partition coefficient (Wildman–Crippen LogP) is 5.61. The van der Waals surface area contributed by atoms with Gasteiger partial charge in [-0.05, 0) is 58.5 Å². The highest BCUT2D eigenvalue weighted by molar-refractivity contribution is 14.1. The largest absolute Gasteiger partial charge is 0.367 e. The highest BCUT2D eigenvalue weighted by Crippen LogP contribution is 2.40. The molecule has 6 heteroatoms. The minimum Gasteiger partial charge on any atom is -0.367 e. The summed E-state index contributed by atoms with van der Waals surface area (Å²) >= 11 is 11.9. The van der Waals surface area contributed by atoms with Gasteiger partial charge >= 0.3 is 0 Å². The van der Waals surface area contributed by atoms with Crippen molar-refractivity contribution in [3.05, 3.63) is 55.5 Å².